The Labute approximate surface area is 534 Å². The molecule has 15 rings (SSSR count). The molecule has 0 saturated heterocycles. The highest BCUT2D eigenvalue weighted by Crippen LogP contribution is 2.69. The summed E-state index contributed by atoms with van der Waals surface area (Å²) >= 11 is 0. The van der Waals surface area contributed by atoms with E-state index in [0.717, 1.165) is 111 Å². The Balaban J connectivity index is 1.04. The Morgan fingerprint density at radius 1 is 0.174 bits per heavy atom. The fourth-order valence-corrected chi connectivity index (χ4v) is 15.6. The third-order valence-electron chi connectivity index (χ3n) is 19.5. The number of ether oxygens (including phenoxy) is 12. The summed E-state index contributed by atoms with van der Waals surface area (Å²) in [4.78, 5) is 0. The highest BCUT2D eigenvalue weighted by molar-refractivity contribution is 6.03. The minimum absolute atomic E-state index is 0.524. The molecule has 4 aliphatic carbocycles. The summed E-state index contributed by atoms with van der Waals surface area (Å²) in [6, 6.07) is 66.7. The zero-order valence-corrected chi connectivity index (χ0v) is 53.2. The minimum Gasteiger partial charge on any atom is -0.493 e. The maximum absolute atomic E-state index is 5.98. The molecule has 12 nitrogen and oxygen atoms in total. The quantitative estimate of drug-likeness (QED) is 0.0918. The number of hydrogen-bond donors (Lipinski definition) is 0. The van der Waals surface area contributed by atoms with Gasteiger partial charge in [-0.25, -0.2) is 0 Å². The zero-order chi connectivity index (χ0) is 63.5. The van der Waals surface area contributed by atoms with E-state index in [0.29, 0.717) is 69.0 Å². The zero-order valence-electron chi connectivity index (χ0n) is 53.2. The average molecular weight is 1220 g/mol. The molecule has 0 unspecified atom stereocenters. The van der Waals surface area contributed by atoms with Crippen molar-refractivity contribution in [2.45, 2.75) is 10.8 Å². The van der Waals surface area contributed by atoms with Crippen molar-refractivity contribution < 1.29 is 56.8 Å². The lowest BCUT2D eigenvalue weighted by atomic mass is 9.68. The van der Waals surface area contributed by atoms with Crippen LogP contribution in [0.5, 0.6) is 69.0 Å². The molecule has 2 spiro atoms. The first kappa shape index (κ1) is 57.5. The molecule has 0 atom stereocenters. The van der Waals surface area contributed by atoms with Gasteiger partial charge in [-0.2, -0.15) is 0 Å². The number of rotatable bonds is 16. The summed E-state index contributed by atoms with van der Waals surface area (Å²) < 4.78 is 71.2. The number of fused-ring (bicyclic) bond motifs is 20. The van der Waals surface area contributed by atoms with Gasteiger partial charge in [0.1, 0.15) is 0 Å². The van der Waals surface area contributed by atoms with Gasteiger partial charge in [0, 0.05) is 0 Å². The summed E-state index contributed by atoms with van der Waals surface area (Å²) in [6.45, 7) is 0. The Kier molecular flexibility index (Phi) is 13.7. The molecule has 0 aromatic heterocycles. The van der Waals surface area contributed by atoms with E-state index in [-0.39, 0.29) is 0 Å². The van der Waals surface area contributed by atoms with Crippen LogP contribution in [0.25, 0.3) is 89.0 Å². The van der Waals surface area contributed by atoms with Gasteiger partial charge in [-0.3, -0.25) is 0 Å². The normalized spacial score (nSPS) is 13.2. The fraction of sp³-hybridized carbons (Fsp3) is 0.175. The monoisotopic (exact) mass is 1220 g/mol. The largest absolute Gasteiger partial charge is 0.493 e. The van der Waals surface area contributed by atoms with Crippen molar-refractivity contribution in [3.8, 4) is 158 Å². The maximum atomic E-state index is 5.98. The van der Waals surface area contributed by atoms with Gasteiger partial charge in [-0.05, 0) is 218 Å². The molecule has 0 fully saturated rings. The molecule has 458 valence electrons. The van der Waals surface area contributed by atoms with E-state index in [4.69, 9.17) is 56.8 Å². The molecule has 11 aromatic rings. The van der Waals surface area contributed by atoms with E-state index in [9.17, 15) is 0 Å². The second-order valence-electron chi connectivity index (χ2n) is 23.2. The fourth-order valence-electron chi connectivity index (χ4n) is 15.6. The van der Waals surface area contributed by atoms with Crippen LogP contribution in [-0.4, -0.2) is 85.3 Å². The summed E-state index contributed by atoms with van der Waals surface area (Å²) in [6.07, 6.45) is 0. The van der Waals surface area contributed by atoms with Gasteiger partial charge in [0.15, 0.2) is 46.0 Å². The molecular formula is C80H66O12. The van der Waals surface area contributed by atoms with Gasteiger partial charge in [-0.15, -0.1) is 0 Å². The van der Waals surface area contributed by atoms with Gasteiger partial charge in [0.05, 0.1) is 96.1 Å². The van der Waals surface area contributed by atoms with Gasteiger partial charge in [0.25, 0.3) is 0 Å². The number of methoxy groups -OCH3 is 12. The van der Waals surface area contributed by atoms with Crippen LogP contribution in [0.3, 0.4) is 0 Å². The first-order valence-electron chi connectivity index (χ1n) is 30.2. The van der Waals surface area contributed by atoms with Gasteiger partial charge >= 0.3 is 0 Å². The van der Waals surface area contributed by atoms with Crippen molar-refractivity contribution >= 4 is 0 Å². The van der Waals surface area contributed by atoms with E-state index < -0.39 is 10.8 Å². The van der Waals surface area contributed by atoms with Crippen LogP contribution in [0, 0.1) is 0 Å². The SMILES string of the molecule is COc1cc(-c2ccc3c(c2)C2(c4ccccc4-c4cc5c(cc42)-c2ccccc2C52c4cc(-c5cc(OC)c(OC)c(OC)c5)ccc4-c4ccc(-c5cc(OC)c(OC)c(OC)c5)cc42)c2cc(-c4cc(OC)c(OC)c(OC)c4)ccc2-3)cc(OC)c1OC. The molecule has 0 amide bonds. The summed E-state index contributed by atoms with van der Waals surface area (Å²) in [7, 11) is 19.7. The first-order chi connectivity index (χ1) is 45.0. The van der Waals surface area contributed by atoms with E-state index in [2.05, 4.69) is 133 Å². The lowest BCUT2D eigenvalue weighted by molar-refractivity contribution is 0.324. The van der Waals surface area contributed by atoms with Crippen molar-refractivity contribution in [1.82, 2.24) is 0 Å². The van der Waals surface area contributed by atoms with E-state index in [1.807, 2.05) is 48.5 Å². The second-order valence-corrected chi connectivity index (χ2v) is 23.2. The molecule has 0 heterocycles. The highest BCUT2D eigenvalue weighted by atomic mass is 16.5. The number of benzene rings is 11. The summed E-state index contributed by atoms with van der Waals surface area (Å²) in [5.74, 6) is 6.62. The van der Waals surface area contributed by atoms with Crippen LogP contribution in [-0.2, 0) is 10.8 Å². The average Bonchev–Trinajstić information content (AvgIpc) is 1.53. The van der Waals surface area contributed by atoms with Gasteiger partial charge < -0.3 is 56.8 Å². The van der Waals surface area contributed by atoms with E-state index >= 15 is 0 Å². The Morgan fingerprint density at radius 3 is 0.598 bits per heavy atom. The third-order valence-corrected chi connectivity index (χ3v) is 19.5. The molecule has 92 heavy (non-hydrogen) atoms. The van der Waals surface area contributed by atoms with Crippen molar-refractivity contribution in [3.05, 3.63) is 226 Å². The maximum Gasteiger partial charge on any atom is 0.203 e. The van der Waals surface area contributed by atoms with Crippen LogP contribution >= 0.6 is 0 Å². The minimum atomic E-state index is -0.853. The van der Waals surface area contributed by atoms with Crippen LogP contribution in [0.4, 0.5) is 0 Å². The van der Waals surface area contributed by atoms with E-state index in [1.165, 1.54) is 22.3 Å². The predicted molar refractivity (Wildman–Crippen MR) is 359 cm³/mol. The Hall–Kier alpha value is -11.0. The molecule has 12 heteroatoms. The van der Waals surface area contributed by atoms with Crippen LogP contribution in [0.2, 0.25) is 0 Å². The highest BCUT2D eigenvalue weighted by Gasteiger charge is 2.57. The molecule has 0 aliphatic heterocycles. The standard InChI is InChI=1S/C80H66O12/c1-81-67-33-47(34-68(82-2)75(67)89-9)43-21-25-53-54-26-22-44(48-35-69(83-3)76(90-10)70(36-48)84-4)30-62(54)79(61(53)29-43)59-19-15-13-17-51(59)57-42-66-58(41-65(57)79)52-18-14-16-20-60(52)80(66)63-31-45(49-37-71(85-5)77(91-11)72(38-49)86-6)23-27-55(63)56-28-24-46(32-64(56)80)50-39-73(87-7)78(92-12)74(40-50)88-8/h13-42H,1-12H3. The molecule has 0 saturated carbocycles. The molecular weight excluding hydrogens is 1150 g/mol. The molecule has 0 radical (unpaired) electrons. The van der Waals surface area contributed by atoms with Crippen molar-refractivity contribution in [2.75, 3.05) is 85.3 Å². The van der Waals surface area contributed by atoms with Gasteiger partial charge in [-0.1, -0.05) is 97.1 Å². The molecule has 11 aromatic carbocycles. The van der Waals surface area contributed by atoms with Crippen LogP contribution in [0.1, 0.15) is 44.5 Å². The molecule has 4 aliphatic rings. The Bertz CT molecular complexity index is 4250. The van der Waals surface area contributed by atoms with Crippen molar-refractivity contribution in [2.24, 2.45) is 0 Å². The summed E-state index contributed by atoms with van der Waals surface area (Å²) in [5.41, 5.74) is 24.3. The first-order valence-corrected chi connectivity index (χ1v) is 30.2. The lowest BCUT2D eigenvalue weighted by Crippen LogP contribution is -2.27. The third kappa shape index (κ3) is 7.88. The smallest absolute Gasteiger partial charge is 0.203 e. The topological polar surface area (TPSA) is 111 Å². The predicted octanol–water partition coefficient (Wildman–Crippen LogP) is 17.1. The Morgan fingerprint density at radius 2 is 0.380 bits per heavy atom. The second kappa shape index (κ2) is 21.9. The molecule has 0 N–H and O–H groups in total. The van der Waals surface area contributed by atoms with Crippen molar-refractivity contribution in [3.63, 3.8) is 0 Å². The lowest BCUT2D eigenvalue weighted by Gasteiger charge is -2.33. The van der Waals surface area contributed by atoms with Crippen LogP contribution in [0.15, 0.2) is 182 Å². The number of hydrogen-bond acceptors (Lipinski definition) is 12. The van der Waals surface area contributed by atoms with E-state index in [1.54, 1.807) is 85.3 Å². The summed E-state index contributed by atoms with van der Waals surface area (Å²) in [5, 5.41) is 0. The van der Waals surface area contributed by atoms with Gasteiger partial charge in [0.2, 0.25) is 23.0 Å². The van der Waals surface area contributed by atoms with Crippen molar-refractivity contribution in [1.29, 1.82) is 0 Å². The molecule has 0 bridgehead atoms. The van der Waals surface area contributed by atoms with Crippen LogP contribution < -0.4 is 56.8 Å².